The van der Waals surface area contributed by atoms with Crippen LogP contribution in [0.3, 0.4) is 0 Å². The molecule has 10 heteroatoms. The minimum atomic E-state index is -3.80. The average Bonchev–Trinajstić information content (AvgIpc) is 3.25. The Hall–Kier alpha value is -3.37. The van der Waals surface area contributed by atoms with Crippen LogP contribution in [0.15, 0.2) is 36.4 Å². The number of hydrogen-bond donors (Lipinski definition) is 2. The fourth-order valence-electron chi connectivity index (χ4n) is 11.0. The van der Waals surface area contributed by atoms with E-state index in [9.17, 15) is 13.2 Å². The van der Waals surface area contributed by atoms with Gasteiger partial charge in [-0.25, -0.2) is 13.1 Å². The summed E-state index contributed by atoms with van der Waals surface area (Å²) in [6.45, 7) is 7.33. The van der Waals surface area contributed by atoms with Crippen LogP contribution in [0.1, 0.15) is 105 Å². The lowest BCUT2D eigenvalue weighted by Gasteiger charge is -2.30. The molecule has 0 spiro atoms. The summed E-state index contributed by atoms with van der Waals surface area (Å²) in [6.07, 6.45) is 10.2. The predicted octanol–water partition coefficient (Wildman–Crippen LogP) is 5.92. The van der Waals surface area contributed by atoms with Crippen LogP contribution < -0.4 is 14.8 Å². The molecule has 260 valence electrons. The molecular weight excluding hydrogens is 637 g/mol. The minimum Gasteiger partial charge on any atom is -0.497 e. The average molecular weight is 685 g/mol. The number of methoxy groups -OCH3 is 1. The van der Waals surface area contributed by atoms with Crippen LogP contribution in [0, 0.1) is 16.2 Å². The van der Waals surface area contributed by atoms with Crippen molar-refractivity contribution in [3.05, 3.63) is 53.1 Å². The van der Waals surface area contributed by atoms with Crippen molar-refractivity contribution in [1.82, 2.24) is 19.5 Å². The number of rotatable bonds is 6. The van der Waals surface area contributed by atoms with Gasteiger partial charge in [-0.05, 0) is 93.3 Å². The van der Waals surface area contributed by atoms with E-state index >= 15 is 4.79 Å². The molecule has 9 nitrogen and oxygen atoms in total. The zero-order valence-electron chi connectivity index (χ0n) is 28.9. The van der Waals surface area contributed by atoms with Crippen molar-refractivity contribution in [3.8, 4) is 17.0 Å². The van der Waals surface area contributed by atoms with Gasteiger partial charge < -0.3 is 19.5 Å². The lowest BCUT2D eigenvalue weighted by molar-refractivity contribution is -0.137. The zero-order chi connectivity index (χ0) is 33.9. The molecule has 2 saturated heterocycles. The summed E-state index contributed by atoms with van der Waals surface area (Å²) < 4.78 is 35.8. The first-order valence-corrected chi connectivity index (χ1v) is 20.0. The fourth-order valence-corrected chi connectivity index (χ4v) is 11.6. The molecule has 49 heavy (non-hydrogen) atoms. The van der Waals surface area contributed by atoms with E-state index < -0.39 is 26.6 Å². The van der Waals surface area contributed by atoms with Gasteiger partial charge in [-0.2, -0.15) is 0 Å². The molecule has 3 saturated carbocycles. The van der Waals surface area contributed by atoms with Crippen LogP contribution >= 0.6 is 0 Å². The highest BCUT2D eigenvalue weighted by Gasteiger charge is 2.69. The summed E-state index contributed by atoms with van der Waals surface area (Å²) in [5.74, 6) is 0.895. The van der Waals surface area contributed by atoms with Gasteiger partial charge in [0, 0.05) is 71.5 Å². The van der Waals surface area contributed by atoms with Gasteiger partial charge in [0.05, 0.1) is 23.5 Å². The van der Waals surface area contributed by atoms with Crippen LogP contribution in [0.2, 0.25) is 0 Å². The predicted molar refractivity (Wildman–Crippen MR) is 189 cm³/mol. The largest absolute Gasteiger partial charge is 0.497 e. The molecule has 3 aliphatic carbocycles. The number of ether oxygens (including phenoxy) is 1. The van der Waals surface area contributed by atoms with E-state index in [2.05, 4.69) is 31.6 Å². The van der Waals surface area contributed by atoms with E-state index in [4.69, 9.17) is 4.74 Å². The molecule has 4 heterocycles. The first-order valence-electron chi connectivity index (χ1n) is 18.4. The van der Waals surface area contributed by atoms with Crippen molar-refractivity contribution in [2.75, 3.05) is 33.3 Å². The molecule has 6 aliphatic rings. The Labute approximate surface area is 289 Å². The highest BCUT2D eigenvalue weighted by atomic mass is 32.2. The number of likely N-dealkylation sites (tertiary alicyclic amines) is 1. The van der Waals surface area contributed by atoms with Crippen LogP contribution in [-0.4, -0.2) is 68.2 Å². The lowest BCUT2D eigenvalue weighted by atomic mass is 9.71. The smallest absolute Gasteiger partial charge is 0.264 e. The normalized spacial score (nSPS) is 30.4. The van der Waals surface area contributed by atoms with Crippen LogP contribution in [0.25, 0.3) is 22.2 Å². The number of aromatic nitrogens is 1. The molecule has 2 N–H and O–H groups in total. The first-order chi connectivity index (χ1) is 23.5. The number of nitrogens with zero attached hydrogens (tertiary/aromatic N) is 2. The van der Waals surface area contributed by atoms with Gasteiger partial charge in [-0.3, -0.25) is 9.59 Å². The van der Waals surface area contributed by atoms with Crippen molar-refractivity contribution in [2.24, 2.45) is 16.2 Å². The number of amides is 2. The number of sulfonamides is 1. The highest BCUT2D eigenvalue weighted by Crippen LogP contribution is 2.68. The number of hydrogen-bond acceptors (Lipinski definition) is 6. The number of fused-ring (bicyclic) bond motifs is 7. The van der Waals surface area contributed by atoms with E-state index in [0.29, 0.717) is 18.0 Å². The second-order valence-electron chi connectivity index (χ2n) is 16.5. The molecule has 9 rings (SSSR count). The third-order valence-electron chi connectivity index (χ3n) is 13.7. The van der Waals surface area contributed by atoms with E-state index in [1.807, 2.05) is 18.2 Å². The number of carbonyl (C=O) groups is 2. The standard InChI is InChI=1S/C39H48N4O5S/c1-24(2)49(46,47)41-35(44)26-10-12-29-32(16-26)43-23-39(36(45)42-21-37-14-7-15-38(37,22-42)20-40-19-37)18-31(39)30-17-27(48-3)11-13-28(30)34(43)33(29)25-8-5-4-6-9-25/h10-13,16-17,24-25,31,40H,4-9,14-15,18-23H2,1-3H3,(H,41,44)/t31-,37?,38?,39-/m0/s1. The van der Waals surface area contributed by atoms with Crippen molar-refractivity contribution < 1.29 is 22.7 Å². The molecule has 0 bridgehead atoms. The SMILES string of the molecule is COc1ccc2c(c1)[C@@H]1C[C@]1(C(=O)N1CC34CCCC3(CNC4)C1)Cn1c-2c(C2CCCCC2)c2ccc(C(=O)NS(=O)(=O)C(C)C)cc21. The third kappa shape index (κ3) is 4.47. The van der Waals surface area contributed by atoms with Crippen molar-refractivity contribution in [2.45, 2.75) is 95.3 Å². The summed E-state index contributed by atoms with van der Waals surface area (Å²) in [7, 11) is -2.10. The molecule has 1 aromatic heterocycles. The molecular formula is C39H48N4O5S. The maximum absolute atomic E-state index is 15.1. The van der Waals surface area contributed by atoms with E-state index in [1.54, 1.807) is 27.0 Å². The summed E-state index contributed by atoms with van der Waals surface area (Å²) >= 11 is 0. The van der Waals surface area contributed by atoms with Gasteiger partial charge in [0.2, 0.25) is 15.9 Å². The molecule has 0 radical (unpaired) electrons. The second kappa shape index (κ2) is 10.8. The van der Waals surface area contributed by atoms with Gasteiger partial charge in [-0.15, -0.1) is 0 Å². The van der Waals surface area contributed by atoms with Gasteiger partial charge in [-0.1, -0.05) is 31.7 Å². The molecule has 5 fully saturated rings. The fraction of sp³-hybridized carbons (Fsp3) is 0.590. The van der Waals surface area contributed by atoms with Crippen molar-refractivity contribution in [3.63, 3.8) is 0 Å². The summed E-state index contributed by atoms with van der Waals surface area (Å²) in [5, 5.41) is 4.05. The molecule has 4 atom stereocenters. The third-order valence-corrected chi connectivity index (χ3v) is 15.4. The van der Waals surface area contributed by atoms with Gasteiger partial charge in [0.15, 0.2) is 0 Å². The minimum absolute atomic E-state index is 0.0790. The van der Waals surface area contributed by atoms with Crippen LogP contribution in [0.4, 0.5) is 0 Å². The summed E-state index contributed by atoms with van der Waals surface area (Å²) in [4.78, 5) is 30.8. The quantitative estimate of drug-likeness (QED) is 0.334. The molecule has 2 aromatic carbocycles. The Bertz CT molecular complexity index is 1980. The first kappa shape index (κ1) is 31.6. The lowest BCUT2D eigenvalue weighted by Crippen LogP contribution is -2.42. The highest BCUT2D eigenvalue weighted by molar-refractivity contribution is 7.90. The number of benzene rings is 2. The summed E-state index contributed by atoms with van der Waals surface area (Å²) in [6, 6.07) is 12.0. The molecule has 3 aliphatic heterocycles. The van der Waals surface area contributed by atoms with E-state index in [-0.39, 0.29) is 22.7 Å². The molecule has 2 amide bonds. The Kier molecular flexibility index (Phi) is 6.97. The van der Waals surface area contributed by atoms with Crippen molar-refractivity contribution in [1.29, 1.82) is 0 Å². The monoisotopic (exact) mass is 684 g/mol. The topological polar surface area (TPSA) is 110 Å². The van der Waals surface area contributed by atoms with Gasteiger partial charge >= 0.3 is 0 Å². The zero-order valence-corrected chi connectivity index (χ0v) is 29.8. The second-order valence-corrected chi connectivity index (χ2v) is 18.7. The van der Waals surface area contributed by atoms with E-state index in [1.165, 1.54) is 49.7 Å². The summed E-state index contributed by atoms with van der Waals surface area (Å²) in [5.41, 5.74) is 5.80. The molecule has 3 aromatic rings. The van der Waals surface area contributed by atoms with Gasteiger partial charge in [0.25, 0.3) is 5.91 Å². The number of carbonyl (C=O) groups excluding carboxylic acids is 2. The Balaban J connectivity index is 1.21. The Morgan fingerprint density at radius 2 is 1.69 bits per heavy atom. The van der Waals surface area contributed by atoms with E-state index in [0.717, 1.165) is 73.4 Å². The molecule has 2 unspecified atom stereocenters. The van der Waals surface area contributed by atoms with Gasteiger partial charge in [0.1, 0.15) is 5.75 Å². The maximum Gasteiger partial charge on any atom is 0.264 e. The number of nitrogens with one attached hydrogen (secondary N) is 2. The Morgan fingerprint density at radius 1 is 0.959 bits per heavy atom. The van der Waals surface area contributed by atoms with Crippen molar-refractivity contribution >= 4 is 32.7 Å². The van der Waals surface area contributed by atoms with Crippen LogP contribution in [0.5, 0.6) is 5.75 Å². The Morgan fingerprint density at radius 3 is 2.39 bits per heavy atom. The van der Waals surface area contributed by atoms with Crippen LogP contribution in [-0.2, 0) is 21.4 Å². The maximum atomic E-state index is 15.1.